The van der Waals surface area contributed by atoms with E-state index in [1.54, 1.807) is 19.9 Å². The second-order valence-corrected chi connectivity index (χ2v) is 12.8. The van der Waals surface area contributed by atoms with Crippen LogP contribution in [0.1, 0.15) is 75.0 Å². The molecule has 0 unspecified atom stereocenters. The highest BCUT2D eigenvalue weighted by Gasteiger charge is 2.64. The standard InChI is InChI=1S/C30H38N2O8/c1-12(2)19-18-9-14-7-17-16(13(3)33)8-15(10-32-11-29(4,5)6)23(34)21(17)25(36)20(14)26(37)30(18,40)27(38)22(24(19)35)28(31)39/h8,12,14,18-19,32,34,36,38,40H,7,9-11H2,1-6H3,(H2,31,39)/t14-,18-,19-,30-/m0/s1. The van der Waals surface area contributed by atoms with Crippen molar-refractivity contribution in [1.82, 2.24) is 5.32 Å². The average Bonchev–Trinajstić information content (AvgIpc) is 2.81. The number of carbonyl (C=O) groups is 4. The van der Waals surface area contributed by atoms with E-state index in [2.05, 4.69) is 5.32 Å². The molecule has 7 N–H and O–H groups in total. The number of phenolic OH excluding ortho intramolecular Hbond substituents is 1. The molecule has 0 radical (unpaired) electrons. The summed E-state index contributed by atoms with van der Waals surface area (Å²) in [6.45, 7) is 11.7. The number of nitrogens with one attached hydrogen (secondary N) is 1. The van der Waals surface area contributed by atoms with Gasteiger partial charge in [0.05, 0.1) is 5.56 Å². The molecule has 0 spiro atoms. The Hall–Kier alpha value is -3.50. The maximum Gasteiger partial charge on any atom is 0.255 e. The molecule has 1 aromatic rings. The zero-order chi connectivity index (χ0) is 30.1. The Morgan fingerprint density at radius 2 is 1.80 bits per heavy atom. The fraction of sp³-hybridized carbons (Fsp3) is 0.533. The lowest BCUT2D eigenvalue weighted by molar-refractivity contribution is -0.155. The monoisotopic (exact) mass is 554 g/mol. The number of primary amides is 1. The molecule has 3 aliphatic rings. The lowest BCUT2D eigenvalue weighted by Gasteiger charge is -2.50. The van der Waals surface area contributed by atoms with Crippen molar-refractivity contribution in [3.05, 3.63) is 45.2 Å². The third-order valence-corrected chi connectivity index (χ3v) is 8.40. The molecule has 10 nitrogen and oxygen atoms in total. The molecule has 0 bridgehead atoms. The van der Waals surface area contributed by atoms with E-state index in [0.717, 1.165) is 0 Å². The van der Waals surface area contributed by atoms with Crippen LogP contribution in [0, 0.1) is 29.1 Å². The van der Waals surface area contributed by atoms with Crippen molar-refractivity contribution < 1.29 is 39.6 Å². The van der Waals surface area contributed by atoms with Crippen LogP contribution >= 0.6 is 0 Å². The van der Waals surface area contributed by atoms with Gasteiger partial charge in [-0.05, 0) is 48.6 Å². The Morgan fingerprint density at radius 3 is 2.33 bits per heavy atom. The number of fused-ring (bicyclic) bond motifs is 3. The summed E-state index contributed by atoms with van der Waals surface area (Å²) < 4.78 is 0. The van der Waals surface area contributed by atoms with Crippen LogP contribution in [0.4, 0.5) is 0 Å². The fourth-order valence-corrected chi connectivity index (χ4v) is 6.63. The topological polar surface area (TPSA) is 187 Å². The molecule has 1 aromatic carbocycles. The first kappa shape index (κ1) is 29.5. The molecule has 0 saturated heterocycles. The Kier molecular flexibility index (Phi) is 7.26. The van der Waals surface area contributed by atoms with E-state index in [1.807, 2.05) is 20.8 Å². The van der Waals surface area contributed by atoms with Crippen LogP contribution in [0.15, 0.2) is 23.0 Å². The Morgan fingerprint density at radius 1 is 1.18 bits per heavy atom. The van der Waals surface area contributed by atoms with E-state index in [-0.39, 0.29) is 53.0 Å². The molecule has 1 amide bonds. The number of phenols is 1. The number of aliphatic hydroxyl groups is 3. The molecule has 10 heteroatoms. The number of aliphatic hydroxyl groups excluding tert-OH is 2. The van der Waals surface area contributed by atoms with Crippen molar-refractivity contribution in [2.45, 2.75) is 66.5 Å². The highest BCUT2D eigenvalue weighted by Crippen LogP contribution is 2.55. The fourth-order valence-electron chi connectivity index (χ4n) is 6.63. The van der Waals surface area contributed by atoms with Crippen LogP contribution in [0.25, 0.3) is 5.76 Å². The number of hydrogen-bond donors (Lipinski definition) is 6. The number of benzene rings is 1. The van der Waals surface area contributed by atoms with Gasteiger partial charge in [-0.25, -0.2) is 0 Å². The van der Waals surface area contributed by atoms with Crippen LogP contribution in [0.5, 0.6) is 5.75 Å². The summed E-state index contributed by atoms with van der Waals surface area (Å²) >= 11 is 0. The van der Waals surface area contributed by atoms with Crippen molar-refractivity contribution in [3.8, 4) is 5.75 Å². The van der Waals surface area contributed by atoms with Gasteiger partial charge >= 0.3 is 0 Å². The maximum absolute atomic E-state index is 14.0. The summed E-state index contributed by atoms with van der Waals surface area (Å²) in [4.78, 5) is 52.1. The third kappa shape index (κ3) is 4.43. The van der Waals surface area contributed by atoms with Gasteiger partial charge in [0, 0.05) is 41.6 Å². The first-order valence-corrected chi connectivity index (χ1v) is 13.5. The van der Waals surface area contributed by atoms with E-state index in [0.29, 0.717) is 17.7 Å². The number of aromatic hydroxyl groups is 1. The zero-order valence-electron chi connectivity index (χ0n) is 23.7. The summed E-state index contributed by atoms with van der Waals surface area (Å²) in [6.07, 6.45) is 0.0795. The minimum atomic E-state index is -2.67. The van der Waals surface area contributed by atoms with Crippen LogP contribution in [0.3, 0.4) is 0 Å². The molecule has 0 aliphatic heterocycles. The highest BCUT2D eigenvalue weighted by atomic mass is 16.3. The Bertz CT molecular complexity index is 1400. The van der Waals surface area contributed by atoms with Gasteiger partial charge < -0.3 is 31.5 Å². The minimum Gasteiger partial charge on any atom is -0.508 e. The molecule has 40 heavy (non-hydrogen) atoms. The normalized spacial score (nSPS) is 26.6. The van der Waals surface area contributed by atoms with Crippen molar-refractivity contribution in [2.75, 3.05) is 6.54 Å². The number of carbonyl (C=O) groups excluding carboxylic acids is 4. The van der Waals surface area contributed by atoms with Gasteiger partial charge in [-0.15, -0.1) is 0 Å². The van der Waals surface area contributed by atoms with Gasteiger partial charge in [-0.3, -0.25) is 19.2 Å². The van der Waals surface area contributed by atoms with Gasteiger partial charge in [0.25, 0.3) is 5.91 Å². The molecular formula is C30H38N2O8. The molecular weight excluding hydrogens is 516 g/mol. The van der Waals surface area contributed by atoms with E-state index in [9.17, 15) is 39.6 Å². The molecule has 0 heterocycles. The van der Waals surface area contributed by atoms with Crippen molar-refractivity contribution in [2.24, 2.45) is 34.8 Å². The summed E-state index contributed by atoms with van der Waals surface area (Å²) in [6, 6.07) is 1.58. The Balaban J connectivity index is 1.92. The number of hydrogen-bond acceptors (Lipinski definition) is 9. The smallest absolute Gasteiger partial charge is 0.255 e. The lowest BCUT2D eigenvalue weighted by Crippen LogP contribution is -2.62. The quantitative estimate of drug-likeness (QED) is 0.227. The SMILES string of the molecule is CC(=O)c1cc(CNCC(C)(C)C)c(O)c2c1C[C@H]1C[C@H]3[C@H](C(C)C)C(=O)C(C(N)=O)=C(O)[C@@]3(O)C(=O)C1=C2O. The summed E-state index contributed by atoms with van der Waals surface area (Å²) in [5.74, 6) is -8.63. The van der Waals surface area contributed by atoms with Crippen LogP contribution in [-0.2, 0) is 27.3 Å². The summed E-state index contributed by atoms with van der Waals surface area (Å²) in [7, 11) is 0. The van der Waals surface area contributed by atoms with Crippen LogP contribution < -0.4 is 11.1 Å². The number of rotatable bonds is 6. The molecule has 4 atom stereocenters. The Labute approximate surface area is 233 Å². The maximum atomic E-state index is 14.0. The van der Waals surface area contributed by atoms with Gasteiger partial charge in [-0.2, -0.15) is 0 Å². The van der Waals surface area contributed by atoms with Crippen LogP contribution in [-0.4, -0.2) is 55.8 Å². The zero-order valence-corrected chi connectivity index (χ0v) is 23.7. The highest BCUT2D eigenvalue weighted by molar-refractivity contribution is 6.23. The van der Waals surface area contributed by atoms with Crippen molar-refractivity contribution in [3.63, 3.8) is 0 Å². The van der Waals surface area contributed by atoms with Crippen LogP contribution in [0.2, 0.25) is 0 Å². The summed E-state index contributed by atoms with van der Waals surface area (Å²) in [5.41, 5.74) is 2.52. The first-order chi connectivity index (χ1) is 18.4. The van der Waals surface area contributed by atoms with Gasteiger partial charge in [0.2, 0.25) is 5.78 Å². The van der Waals surface area contributed by atoms with Gasteiger partial charge in [0.1, 0.15) is 22.8 Å². The van der Waals surface area contributed by atoms with Crippen molar-refractivity contribution in [1.29, 1.82) is 0 Å². The van der Waals surface area contributed by atoms with E-state index < -0.39 is 63.8 Å². The molecule has 4 rings (SSSR count). The molecule has 3 aliphatic carbocycles. The first-order valence-electron chi connectivity index (χ1n) is 13.5. The largest absolute Gasteiger partial charge is 0.508 e. The number of Topliss-reactive ketones (excluding diaryl/α,β-unsaturated/α-hetero) is 3. The number of ketones is 3. The lowest BCUT2D eigenvalue weighted by atomic mass is 9.54. The van der Waals surface area contributed by atoms with Gasteiger partial charge in [-0.1, -0.05) is 34.6 Å². The average molecular weight is 555 g/mol. The van der Waals surface area contributed by atoms with E-state index >= 15 is 0 Å². The van der Waals surface area contributed by atoms with E-state index in [4.69, 9.17) is 5.73 Å². The van der Waals surface area contributed by atoms with E-state index in [1.165, 1.54) is 6.92 Å². The number of nitrogens with two attached hydrogens (primary N) is 1. The second kappa shape index (κ2) is 9.85. The second-order valence-electron chi connectivity index (χ2n) is 12.8. The molecule has 0 aromatic heterocycles. The summed E-state index contributed by atoms with van der Waals surface area (Å²) in [5, 5.41) is 48.7. The van der Waals surface area contributed by atoms with Crippen molar-refractivity contribution >= 4 is 29.0 Å². The molecule has 1 fully saturated rings. The predicted molar refractivity (Wildman–Crippen MR) is 146 cm³/mol. The van der Waals surface area contributed by atoms with Gasteiger partial charge in [0.15, 0.2) is 17.2 Å². The predicted octanol–water partition coefficient (Wildman–Crippen LogP) is 2.64. The minimum absolute atomic E-state index is 0.00123. The molecule has 216 valence electrons. The molecule has 1 saturated carbocycles. The number of amides is 1. The third-order valence-electron chi connectivity index (χ3n) is 8.40.